The fourth-order valence-electron chi connectivity index (χ4n) is 2.12. The van der Waals surface area contributed by atoms with Gasteiger partial charge in [-0.25, -0.2) is 13.1 Å². The van der Waals surface area contributed by atoms with Crippen LogP contribution in [0.25, 0.3) is 11.3 Å². The Hall–Kier alpha value is -2.35. The van der Waals surface area contributed by atoms with E-state index in [-0.39, 0.29) is 23.9 Å². The zero-order valence-corrected chi connectivity index (χ0v) is 13.9. The third-order valence-corrected chi connectivity index (χ3v) is 4.42. The van der Waals surface area contributed by atoms with Crippen molar-refractivity contribution < 1.29 is 23.1 Å². The Morgan fingerprint density at radius 1 is 1.30 bits per heavy atom. The van der Waals surface area contributed by atoms with Gasteiger partial charge < -0.3 is 9.84 Å². The lowest BCUT2D eigenvalue weighted by Gasteiger charge is -2.03. The molecule has 23 heavy (non-hydrogen) atoms. The van der Waals surface area contributed by atoms with Crippen molar-refractivity contribution in [3.63, 3.8) is 0 Å². The molecule has 8 heteroatoms. The molecule has 1 heterocycles. The molecule has 2 rings (SSSR count). The van der Waals surface area contributed by atoms with E-state index < -0.39 is 15.8 Å². The quantitative estimate of drug-likeness (QED) is 0.830. The van der Waals surface area contributed by atoms with Crippen molar-refractivity contribution in [2.75, 3.05) is 12.9 Å². The molecule has 0 amide bonds. The minimum Gasteiger partial charge on any atom is -0.493 e. The maximum absolute atomic E-state index is 11.5. The van der Waals surface area contributed by atoms with Crippen LogP contribution in [0.2, 0.25) is 0 Å². The van der Waals surface area contributed by atoms with Gasteiger partial charge in [0.25, 0.3) is 0 Å². The zero-order valence-electron chi connectivity index (χ0n) is 13.1. The fourth-order valence-corrected chi connectivity index (χ4v) is 2.75. The van der Waals surface area contributed by atoms with Crippen LogP contribution in [0.3, 0.4) is 0 Å². The largest absolute Gasteiger partial charge is 0.493 e. The molecule has 0 atom stereocenters. The third-order valence-electron chi connectivity index (χ3n) is 3.30. The molecule has 0 aliphatic heterocycles. The van der Waals surface area contributed by atoms with Crippen LogP contribution in [0.1, 0.15) is 12.5 Å². The van der Waals surface area contributed by atoms with Gasteiger partial charge in [-0.1, -0.05) is 12.1 Å². The minimum atomic E-state index is -3.27. The number of ether oxygens (including phenoxy) is 1. The molecule has 0 unspecified atom stereocenters. The second-order valence-corrected chi connectivity index (χ2v) is 7.07. The van der Waals surface area contributed by atoms with Gasteiger partial charge in [-0.15, -0.1) is 0 Å². The van der Waals surface area contributed by atoms with Gasteiger partial charge >= 0.3 is 5.97 Å². The summed E-state index contributed by atoms with van der Waals surface area (Å²) in [5.41, 5.74) is 1.63. The summed E-state index contributed by atoms with van der Waals surface area (Å²) in [5, 5.41) is 14.3. The van der Waals surface area contributed by atoms with Crippen molar-refractivity contribution in [3.05, 3.63) is 29.8 Å². The molecular formula is C15H18N2O5S. The summed E-state index contributed by atoms with van der Waals surface area (Å²) < 4.78 is 28.9. The molecular weight excluding hydrogens is 320 g/mol. The van der Waals surface area contributed by atoms with Gasteiger partial charge in [-0.05, 0) is 26.0 Å². The van der Waals surface area contributed by atoms with Gasteiger partial charge in [-0.2, -0.15) is 5.10 Å². The monoisotopic (exact) mass is 338 g/mol. The van der Waals surface area contributed by atoms with Gasteiger partial charge in [0.1, 0.15) is 6.54 Å². The Morgan fingerprint density at radius 2 is 1.91 bits per heavy atom. The Labute approximate surface area is 134 Å². The Kier molecular flexibility index (Phi) is 4.74. The van der Waals surface area contributed by atoms with Crippen LogP contribution in [0.15, 0.2) is 29.2 Å². The van der Waals surface area contributed by atoms with E-state index in [1.54, 1.807) is 26.0 Å². The topological polar surface area (TPSA) is 98.5 Å². The summed E-state index contributed by atoms with van der Waals surface area (Å²) in [4.78, 5) is 11.7. The van der Waals surface area contributed by atoms with Crippen LogP contribution in [-0.2, 0) is 25.9 Å². The normalized spacial score (nSPS) is 11.4. The molecule has 0 saturated carbocycles. The van der Waals surface area contributed by atoms with E-state index in [0.717, 1.165) is 10.9 Å². The summed E-state index contributed by atoms with van der Waals surface area (Å²) in [6.07, 6.45) is 1.13. The molecule has 0 aliphatic rings. The molecule has 2 aromatic rings. The average molecular weight is 338 g/mol. The highest BCUT2D eigenvalue weighted by molar-refractivity contribution is 7.90. The highest BCUT2D eigenvalue weighted by atomic mass is 32.2. The summed E-state index contributed by atoms with van der Waals surface area (Å²) in [6, 6.07) is 6.18. The van der Waals surface area contributed by atoms with Crippen molar-refractivity contribution in [2.24, 2.45) is 0 Å². The SMILES string of the molecule is CCOC(=O)Cn1nc(-c2ccc(S(C)(=O)=O)cc2)c(C)c1O. The fraction of sp³-hybridized carbons (Fsp3) is 0.333. The number of aromatic nitrogens is 2. The van der Waals surface area contributed by atoms with E-state index in [4.69, 9.17) is 4.74 Å². The smallest absolute Gasteiger partial charge is 0.327 e. The van der Waals surface area contributed by atoms with E-state index in [1.807, 2.05) is 0 Å². The maximum Gasteiger partial charge on any atom is 0.327 e. The van der Waals surface area contributed by atoms with E-state index >= 15 is 0 Å². The van der Waals surface area contributed by atoms with Crippen molar-refractivity contribution in [1.29, 1.82) is 0 Å². The number of aromatic hydroxyl groups is 1. The second kappa shape index (κ2) is 6.41. The van der Waals surface area contributed by atoms with Crippen LogP contribution < -0.4 is 0 Å². The third kappa shape index (κ3) is 3.70. The lowest BCUT2D eigenvalue weighted by molar-refractivity contribution is -0.144. The van der Waals surface area contributed by atoms with Crippen molar-refractivity contribution >= 4 is 15.8 Å². The molecule has 0 fully saturated rings. The summed E-state index contributed by atoms with van der Waals surface area (Å²) in [6.45, 7) is 3.42. The van der Waals surface area contributed by atoms with Gasteiger partial charge in [0.15, 0.2) is 9.84 Å². The molecule has 0 aliphatic carbocycles. The first-order chi connectivity index (χ1) is 10.7. The van der Waals surface area contributed by atoms with Crippen LogP contribution in [0, 0.1) is 6.92 Å². The maximum atomic E-state index is 11.5. The van der Waals surface area contributed by atoms with Gasteiger partial charge in [0.05, 0.1) is 17.2 Å². The number of sulfone groups is 1. The molecule has 1 aromatic heterocycles. The van der Waals surface area contributed by atoms with E-state index in [2.05, 4.69) is 5.10 Å². The standard InChI is InChI=1S/C15H18N2O5S/c1-4-22-13(18)9-17-15(19)10(2)14(16-17)11-5-7-12(8-6-11)23(3,20)21/h5-8,19H,4,9H2,1-3H3. The first-order valence-electron chi connectivity index (χ1n) is 6.96. The zero-order chi connectivity index (χ0) is 17.2. The number of hydrogen-bond acceptors (Lipinski definition) is 6. The lowest BCUT2D eigenvalue weighted by Crippen LogP contribution is -2.14. The van der Waals surface area contributed by atoms with Crippen molar-refractivity contribution in [1.82, 2.24) is 9.78 Å². The molecule has 0 radical (unpaired) electrons. The number of carbonyl (C=O) groups is 1. The molecule has 0 saturated heterocycles. The molecule has 0 spiro atoms. The number of esters is 1. The van der Waals surface area contributed by atoms with Crippen LogP contribution in [-0.4, -0.2) is 42.1 Å². The number of carbonyl (C=O) groups excluding carboxylic acids is 1. The van der Waals surface area contributed by atoms with E-state index in [1.165, 1.54) is 12.1 Å². The summed E-state index contributed by atoms with van der Waals surface area (Å²) in [7, 11) is -3.27. The highest BCUT2D eigenvalue weighted by Crippen LogP contribution is 2.29. The van der Waals surface area contributed by atoms with Crippen LogP contribution in [0.5, 0.6) is 5.88 Å². The van der Waals surface area contributed by atoms with Crippen LogP contribution >= 0.6 is 0 Å². The first-order valence-corrected chi connectivity index (χ1v) is 8.85. The Balaban J connectivity index is 2.35. The highest BCUT2D eigenvalue weighted by Gasteiger charge is 2.18. The van der Waals surface area contributed by atoms with Crippen LogP contribution in [0.4, 0.5) is 0 Å². The average Bonchev–Trinajstić information content (AvgIpc) is 2.75. The number of nitrogens with zero attached hydrogens (tertiary/aromatic N) is 2. The molecule has 1 aromatic carbocycles. The Morgan fingerprint density at radius 3 is 2.43 bits per heavy atom. The molecule has 7 nitrogen and oxygen atoms in total. The Bertz CT molecular complexity index is 822. The molecule has 124 valence electrons. The van der Waals surface area contributed by atoms with Gasteiger partial charge in [0.2, 0.25) is 5.88 Å². The lowest BCUT2D eigenvalue weighted by atomic mass is 10.1. The van der Waals surface area contributed by atoms with E-state index in [0.29, 0.717) is 16.8 Å². The molecule has 0 bridgehead atoms. The second-order valence-electron chi connectivity index (χ2n) is 5.06. The number of benzene rings is 1. The van der Waals surface area contributed by atoms with Gasteiger partial charge in [0, 0.05) is 17.4 Å². The molecule has 1 N–H and O–H groups in total. The van der Waals surface area contributed by atoms with E-state index in [9.17, 15) is 18.3 Å². The van der Waals surface area contributed by atoms with Crippen molar-refractivity contribution in [2.45, 2.75) is 25.3 Å². The predicted octanol–water partition coefficient (Wildman–Crippen LogP) is 1.53. The number of hydrogen-bond donors (Lipinski definition) is 1. The van der Waals surface area contributed by atoms with Crippen molar-refractivity contribution in [3.8, 4) is 17.1 Å². The predicted molar refractivity (Wildman–Crippen MR) is 83.8 cm³/mol. The minimum absolute atomic E-state index is 0.125. The summed E-state index contributed by atoms with van der Waals surface area (Å²) >= 11 is 0. The van der Waals surface area contributed by atoms with Gasteiger partial charge in [-0.3, -0.25) is 4.79 Å². The first kappa shape index (κ1) is 17.0. The summed E-state index contributed by atoms with van der Waals surface area (Å²) in [5.74, 6) is -0.621. The number of rotatable bonds is 5.